The number of fused-ring (bicyclic) bond motifs is 1. The predicted octanol–water partition coefficient (Wildman–Crippen LogP) is 5.52. The van der Waals surface area contributed by atoms with Gasteiger partial charge >= 0.3 is 6.09 Å². The van der Waals surface area contributed by atoms with Crippen molar-refractivity contribution in [2.24, 2.45) is 0 Å². The van der Waals surface area contributed by atoms with E-state index < -0.39 is 6.09 Å². The smallest absolute Gasteiger partial charge is 0.407 e. The molecule has 4 aromatic rings. The molecule has 0 saturated heterocycles. The maximum atomic E-state index is 12.1. The minimum atomic E-state index is -0.424. The van der Waals surface area contributed by atoms with Crippen LogP contribution in [0.15, 0.2) is 79.0 Å². The summed E-state index contributed by atoms with van der Waals surface area (Å²) in [5, 5.41) is 4.02. The van der Waals surface area contributed by atoms with E-state index in [1.165, 1.54) is 16.5 Å². The first-order chi connectivity index (χ1) is 15.2. The van der Waals surface area contributed by atoms with Gasteiger partial charge in [0.1, 0.15) is 19.0 Å². The number of amides is 1. The van der Waals surface area contributed by atoms with Crippen LogP contribution in [-0.2, 0) is 24.4 Å². The summed E-state index contributed by atoms with van der Waals surface area (Å²) < 4.78 is 11.2. The fourth-order valence-corrected chi connectivity index (χ4v) is 3.46. The molecule has 0 radical (unpaired) electrons. The Kier molecular flexibility index (Phi) is 6.53. The summed E-state index contributed by atoms with van der Waals surface area (Å²) in [6, 6.07) is 23.9. The van der Waals surface area contributed by atoms with Gasteiger partial charge in [0, 0.05) is 23.6 Å². The normalized spacial score (nSPS) is 10.7. The Bertz CT molecular complexity index is 1150. The van der Waals surface area contributed by atoms with E-state index in [4.69, 9.17) is 9.47 Å². The zero-order chi connectivity index (χ0) is 21.5. The SMILES string of the molecule is Cc1ccc2[nH]cc(CCNC(=O)OCc3cccc(OCc4ccccc4)c3)c2c1. The van der Waals surface area contributed by atoms with Crippen molar-refractivity contribution in [1.82, 2.24) is 10.3 Å². The molecule has 31 heavy (non-hydrogen) atoms. The van der Waals surface area contributed by atoms with E-state index in [-0.39, 0.29) is 6.61 Å². The van der Waals surface area contributed by atoms with Crippen molar-refractivity contribution < 1.29 is 14.3 Å². The quantitative estimate of drug-likeness (QED) is 0.399. The van der Waals surface area contributed by atoms with Gasteiger partial charge in [0.25, 0.3) is 0 Å². The number of nitrogens with one attached hydrogen (secondary N) is 2. The number of carbonyl (C=O) groups excluding carboxylic acids is 1. The standard InChI is InChI=1S/C26H26N2O3/c1-19-10-11-25-24(14-19)22(16-28-25)12-13-27-26(29)31-18-21-8-5-9-23(15-21)30-17-20-6-3-2-4-7-20/h2-11,14-16,28H,12-13,17-18H2,1H3,(H,27,29). The molecule has 0 bridgehead atoms. The molecule has 5 nitrogen and oxygen atoms in total. The summed E-state index contributed by atoms with van der Waals surface area (Å²) in [7, 11) is 0. The molecule has 0 aliphatic carbocycles. The van der Waals surface area contributed by atoms with Crippen LogP contribution in [0.25, 0.3) is 10.9 Å². The third-order valence-corrected chi connectivity index (χ3v) is 5.10. The van der Waals surface area contributed by atoms with Gasteiger partial charge < -0.3 is 19.8 Å². The fraction of sp³-hybridized carbons (Fsp3) is 0.192. The van der Waals surface area contributed by atoms with Gasteiger partial charge in [-0.3, -0.25) is 0 Å². The van der Waals surface area contributed by atoms with Gasteiger partial charge in [-0.25, -0.2) is 4.79 Å². The largest absolute Gasteiger partial charge is 0.489 e. The van der Waals surface area contributed by atoms with Crippen molar-refractivity contribution in [3.05, 3.63) is 101 Å². The first-order valence-corrected chi connectivity index (χ1v) is 10.4. The van der Waals surface area contributed by atoms with Gasteiger partial charge in [0.05, 0.1) is 0 Å². The number of rotatable bonds is 8. The second-order valence-corrected chi connectivity index (χ2v) is 7.54. The minimum absolute atomic E-state index is 0.195. The molecule has 0 atom stereocenters. The monoisotopic (exact) mass is 414 g/mol. The third-order valence-electron chi connectivity index (χ3n) is 5.10. The van der Waals surface area contributed by atoms with Crippen LogP contribution < -0.4 is 10.1 Å². The summed E-state index contributed by atoms with van der Waals surface area (Å²) in [5.41, 5.74) is 5.50. The number of aryl methyl sites for hydroxylation is 1. The van der Waals surface area contributed by atoms with E-state index >= 15 is 0 Å². The van der Waals surface area contributed by atoms with E-state index in [9.17, 15) is 4.79 Å². The van der Waals surface area contributed by atoms with Crippen LogP contribution in [0, 0.1) is 6.92 Å². The van der Waals surface area contributed by atoms with E-state index in [2.05, 4.69) is 35.4 Å². The molecule has 3 aromatic carbocycles. The molecule has 1 aromatic heterocycles. The lowest BCUT2D eigenvalue weighted by atomic mass is 10.1. The molecule has 5 heteroatoms. The summed E-state index contributed by atoms with van der Waals surface area (Å²) in [5.74, 6) is 0.750. The van der Waals surface area contributed by atoms with Crippen LogP contribution in [0.4, 0.5) is 4.79 Å². The van der Waals surface area contributed by atoms with Gasteiger partial charge in [0.2, 0.25) is 0 Å². The summed E-state index contributed by atoms with van der Waals surface area (Å²) in [6.07, 6.45) is 2.31. The van der Waals surface area contributed by atoms with Crippen molar-refractivity contribution in [3.8, 4) is 5.75 Å². The van der Waals surface area contributed by atoms with Gasteiger partial charge in [-0.1, -0.05) is 54.1 Å². The molecule has 0 fully saturated rings. The van der Waals surface area contributed by atoms with Crippen molar-refractivity contribution in [3.63, 3.8) is 0 Å². The molecule has 0 aliphatic rings. The van der Waals surface area contributed by atoms with Crippen molar-refractivity contribution >= 4 is 17.0 Å². The van der Waals surface area contributed by atoms with E-state index in [1.807, 2.05) is 60.8 Å². The number of hydrogen-bond donors (Lipinski definition) is 2. The number of ether oxygens (including phenoxy) is 2. The Labute approximate surface area is 182 Å². The van der Waals surface area contributed by atoms with Crippen LogP contribution in [0.5, 0.6) is 5.75 Å². The van der Waals surface area contributed by atoms with Gasteiger partial charge in [-0.15, -0.1) is 0 Å². The molecule has 158 valence electrons. The van der Waals surface area contributed by atoms with Gasteiger partial charge in [0.15, 0.2) is 0 Å². The number of benzene rings is 3. The van der Waals surface area contributed by atoms with E-state index in [1.54, 1.807) is 0 Å². The van der Waals surface area contributed by atoms with Crippen molar-refractivity contribution in [2.75, 3.05) is 6.54 Å². The summed E-state index contributed by atoms with van der Waals surface area (Å²) >= 11 is 0. The molecule has 1 heterocycles. The second kappa shape index (κ2) is 9.85. The summed E-state index contributed by atoms with van der Waals surface area (Å²) in [6.45, 7) is 3.28. The predicted molar refractivity (Wildman–Crippen MR) is 122 cm³/mol. The fourth-order valence-electron chi connectivity index (χ4n) is 3.46. The molecule has 2 N–H and O–H groups in total. The maximum absolute atomic E-state index is 12.1. The van der Waals surface area contributed by atoms with Gasteiger partial charge in [-0.05, 0) is 54.3 Å². The zero-order valence-corrected chi connectivity index (χ0v) is 17.6. The molecule has 0 saturated carbocycles. The molecule has 0 aliphatic heterocycles. The first-order valence-electron chi connectivity index (χ1n) is 10.4. The Morgan fingerprint density at radius 2 is 1.77 bits per heavy atom. The summed E-state index contributed by atoms with van der Waals surface area (Å²) in [4.78, 5) is 15.4. The number of H-pyrrole nitrogens is 1. The average molecular weight is 415 g/mol. The third kappa shape index (κ3) is 5.66. The number of hydrogen-bond acceptors (Lipinski definition) is 3. The highest BCUT2D eigenvalue weighted by Crippen LogP contribution is 2.20. The molecule has 4 rings (SSSR count). The van der Waals surface area contributed by atoms with Crippen LogP contribution in [0.1, 0.15) is 22.3 Å². The number of aromatic nitrogens is 1. The topological polar surface area (TPSA) is 63.4 Å². The number of alkyl carbamates (subject to hydrolysis) is 1. The van der Waals surface area contributed by atoms with Crippen LogP contribution in [0.2, 0.25) is 0 Å². The molecule has 1 amide bonds. The highest BCUT2D eigenvalue weighted by molar-refractivity contribution is 5.83. The average Bonchev–Trinajstić information content (AvgIpc) is 3.19. The van der Waals surface area contributed by atoms with Crippen LogP contribution >= 0.6 is 0 Å². The molecular formula is C26H26N2O3. The number of aromatic amines is 1. The van der Waals surface area contributed by atoms with E-state index in [0.717, 1.165) is 28.8 Å². The van der Waals surface area contributed by atoms with E-state index in [0.29, 0.717) is 13.2 Å². The first kappa shape index (κ1) is 20.5. The Hall–Kier alpha value is -3.73. The highest BCUT2D eigenvalue weighted by Gasteiger charge is 2.07. The Morgan fingerprint density at radius 3 is 2.65 bits per heavy atom. The second-order valence-electron chi connectivity index (χ2n) is 7.54. The lowest BCUT2D eigenvalue weighted by molar-refractivity contribution is 0.139. The minimum Gasteiger partial charge on any atom is -0.489 e. The molecule has 0 spiro atoms. The van der Waals surface area contributed by atoms with Crippen molar-refractivity contribution in [2.45, 2.75) is 26.6 Å². The maximum Gasteiger partial charge on any atom is 0.407 e. The van der Waals surface area contributed by atoms with Gasteiger partial charge in [-0.2, -0.15) is 0 Å². The van der Waals surface area contributed by atoms with Crippen LogP contribution in [0.3, 0.4) is 0 Å². The lowest BCUT2D eigenvalue weighted by Crippen LogP contribution is -2.26. The Balaban J connectivity index is 1.22. The highest BCUT2D eigenvalue weighted by atomic mass is 16.5. The van der Waals surface area contributed by atoms with Crippen molar-refractivity contribution in [1.29, 1.82) is 0 Å². The molecule has 0 unspecified atom stereocenters. The lowest BCUT2D eigenvalue weighted by Gasteiger charge is -2.10. The molecular weight excluding hydrogens is 388 g/mol. The zero-order valence-electron chi connectivity index (χ0n) is 17.6. The Morgan fingerprint density at radius 1 is 0.935 bits per heavy atom. The number of carbonyl (C=O) groups is 1. The van der Waals surface area contributed by atoms with Crippen LogP contribution in [-0.4, -0.2) is 17.6 Å².